The first-order valence-corrected chi connectivity index (χ1v) is 13.0. The highest BCUT2D eigenvalue weighted by Gasteiger charge is 2.39. The average Bonchev–Trinajstić information content (AvgIpc) is 3.41. The zero-order chi connectivity index (χ0) is 23.7. The van der Waals surface area contributed by atoms with Gasteiger partial charge in [-0.15, -0.1) is 0 Å². The lowest BCUT2D eigenvalue weighted by atomic mass is 9.82. The Bertz CT molecular complexity index is 939. The topological polar surface area (TPSA) is 84.9 Å². The lowest BCUT2D eigenvalue weighted by Gasteiger charge is -2.29. The maximum atomic E-state index is 12.9. The third-order valence-electron chi connectivity index (χ3n) is 8.44. The standard InChI is InChI=1S/C27H36N2O5/c1-33-20-9-6-17(7-10-20)5-8-18-3-2-4-24(18)34-21-11-12-22-19(15-21)16-29(27(22)32)23-13-14-25(30)28-26(23)31/h11-12,15,17-18,20,23-24H,2-10,13-14,16H2,1H3,(H,28,30,31)/t17?,18-,20?,23?,24+/m1/s1. The van der Waals surface area contributed by atoms with Crippen molar-refractivity contribution in [3.63, 3.8) is 0 Å². The van der Waals surface area contributed by atoms with Crippen molar-refractivity contribution in [2.75, 3.05) is 7.11 Å². The Labute approximate surface area is 201 Å². The van der Waals surface area contributed by atoms with Crippen LogP contribution >= 0.6 is 0 Å². The van der Waals surface area contributed by atoms with E-state index in [2.05, 4.69) is 5.32 Å². The van der Waals surface area contributed by atoms with Crippen molar-refractivity contribution in [1.82, 2.24) is 10.2 Å². The summed E-state index contributed by atoms with van der Waals surface area (Å²) in [5, 5.41) is 2.36. The van der Waals surface area contributed by atoms with E-state index < -0.39 is 6.04 Å². The highest BCUT2D eigenvalue weighted by Crippen LogP contribution is 2.38. The van der Waals surface area contributed by atoms with Crippen LogP contribution in [0.1, 0.15) is 86.6 Å². The van der Waals surface area contributed by atoms with Gasteiger partial charge in [0, 0.05) is 25.6 Å². The van der Waals surface area contributed by atoms with Gasteiger partial charge in [-0.2, -0.15) is 0 Å². The van der Waals surface area contributed by atoms with Crippen LogP contribution in [0.2, 0.25) is 0 Å². The lowest BCUT2D eigenvalue weighted by molar-refractivity contribution is -0.136. The van der Waals surface area contributed by atoms with Crippen LogP contribution in [0.3, 0.4) is 0 Å². The van der Waals surface area contributed by atoms with Crippen molar-refractivity contribution in [1.29, 1.82) is 0 Å². The van der Waals surface area contributed by atoms with E-state index in [4.69, 9.17) is 9.47 Å². The summed E-state index contributed by atoms with van der Waals surface area (Å²) in [4.78, 5) is 38.3. The maximum Gasteiger partial charge on any atom is 0.255 e. The third kappa shape index (κ3) is 4.85. The minimum Gasteiger partial charge on any atom is -0.490 e. The number of rotatable bonds is 7. The number of amides is 3. The number of fused-ring (bicyclic) bond motifs is 1. The first-order valence-electron chi connectivity index (χ1n) is 13.0. The molecule has 184 valence electrons. The van der Waals surface area contributed by atoms with E-state index in [-0.39, 0.29) is 30.2 Å². The summed E-state index contributed by atoms with van der Waals surface area (Å²) in [7, 11) is 1.83. The second-order valence-electron chi connectivity index (χ2n) is 10.5. The molecule has 5 rings (SSSR count). The molecule has 4 aliphatic rings. The van der Waals surface area contributed by atoms with E-state index in [0.29, 0.717) is 30.6 Å². The van der Waals surface area contributed by atoms with Crippen LogP contribution in [0.5, 0.6) is 5.75 Å². The van der Waals surface area contributed by atoms with Crippen molar-refractivity contribution in [3.05, 3.63) is 29.3 Å². The number of piperidine rings is 1. The molecule has 2 heterocycles. The number of carbonyl (C=O) groups excluding carboxylic acids is 3. The number of nitrogens with one attached hydrogen (secondary N) is 1. The van der Waals surface area contributed by atoms with Crippen LogP contribution < -0.4 is 10.1 Å². The molecule has 0 aromatic heterocycles. The summed E-state index contributed by atoms with van der Waals surface area (Å²) in [6.45, 7) is 0.385. The predicted octanol–water partition coefficient (Wildman–Crippen LogP) is 3.98. The first-order chi connectivity index (χ1) is 16.5. The zero-order valence-corrected chi connectivity index (χ0v) is 20.1. The van der Waals surface area contributed by atoms with E-state index in [1.54, 1.807) is 4.90 Å². The largest absolute Gasteiger partial charge is 0.490 e. The second kappa shape index (κ2) is 10.1. The SMILES string of the molecule is COC1CCC(CC[C@H]2CCC[C@@H]2Oc2ccc3c(c2)CN(C2CCC(=O)NC2=O)C3=O)CC1. The Kier molecular flexibility index (Phi) is 6.91. The number of benzene rings is 1. The van der Waals surface area contributed by atoms with Gasteiger partial charge in [-0.3, -0.25) is 19.7 Å². The fourth-order valence-corrected chi connectivity index (χ4v) is 6.39. The average molecular weight is 469 g/mol. The van der Waals surface area contributed by atoms with Crippen LogP contribution in [0.15, 0.2) is 18.2 Å². The summed E-state index contributed by atoms with van der Waals surface area (Å²) >= 11 is 0. The highest BCUT2D eigenvalue weighted by molar-refractivity contribution is 6.05. The Balaban J connectivity index is 1.17. The molecule has 1 saturated heterocycles. The zero-order valence-electron chi connectivity index (χ0n) is 20.1. The Hall–Kier alpha value is -2.41. The van der Waals surface area contributed by atoms with Crippen LogP contribution in [0.4, 0.5) is 0 Å². The van der Waals surface area contributed by atoms with Crippen molar-refractivity contribution in [2.24, 2.45) is 11.8 Å². The van der Waals surface area contributed by atoms with E-state index in [1.165, 1.54) is 51.4 Å². The van der Waals surface area contributed by atoms with E-state index >= 15 is 0 Å². The molecule has 0 bridgehead atoms. The Morgan fingerprint density at radius 1 is 1.00 bits per heavy atom. The Morgan fingerprint density at radius 2 is 1.82 bits per heavy atom. The molecule has 2 aliphatic carbocycles. The first kappa shape index (κ1) is 23.3. The van der Waals surface area contributed by atoms with Gasteiger partial charge in [0.15, 0.2) is 0 Å². The number of methoxy groups -OCH3 is 1. The van der Waals surface area contributed by atoms with Gasteiger partial charge in [-0.05, 0) is 93.4 Å². The van der Waals surface area contributed by atoms with Gasteiger partial charge in [0.2, 0.25) is 11.8 Å². The molecular formula is C27H36N2O5. The molecule has 7 nitrogen and oxygen atoms in total. The van der Waals surface area contributed by atoms with Gasteiger partial charge in [-0.25, -0.2) is 0 Å². The molecule has 1 aromatic carbocycles. The molecule has 3 atom stereocenters. The van der Waals surface area contributed by atoms with Crippen LogP contribution in [-0.4, -0.2) is 48.0 Å². The third-order valence-corrected chi connectivity index (χ3v) is 8.44. The van der Waals surface area contributed by atoms with Gasteiger partial charge < -0.3 is 14.4 Å². The van der Waals surface area contributed by atoms with Crippen LogP contribution in [0, 0.1) is 11.8 Å². The monoisotopic (exact) mass is 468 g/mol. The van der Waals surface area contributed by atoms with Gasteiger partial charge >= 0.3 is 0 Å². The fourth-order valence-electron chi connectivity index (χ4n) is 6.39. The van der Waals surface area contributed by atoms with Gasteiger partial charge in [0.05, 0.1) is 6.10 Å². The maximum absolute atomic E-state index is 12.9. The molecule has 1 N–H and O–H groups in total. The van der Waals surface area contributed by atoms with Crippen molar-refractivity contribution >= 4 is 17.7 Å². The minimum atomic E-state index is -0.583. The fraction of sp³-hybridized carbons (Fsp3) is 0.667. The normalized spacial score (nSPS) is 31.5. The highest BCUT2D eigenvalue weighted by atomic mass is 16.5. The summed E-state index contributed by atoms with van der Waals surface area (Å²) in [5.74, 6) is 1.44. The quantitative estimate of drug-likeness (QED) is 0.612. The smallest absolute Gasteiger partial charge is 0.255 e. The van der Waals surface area contributed by atoms with E-state index in [1.807, 2.05) is 25.3 Å². The molecule has 2 saturated carbocycles. The number of hydrogen-bond acceptors (Lipinski definition) is 5. The Morgan fingerprint density at radius 3 is 2.59 bits per heavy atom. The van der Waals surface area contributed by atoms with Crippen LogP contribution in [-0.2, 0) is 20.9 Å². The molecule has 0 radical (unpaired) electrons. The second-order valence-corrected chi connectivity index (χ2v) is 10.5. The number of carbonyl (C=O) groups is 3. The molecular weight excluding hydrogens is 432 g/mol. The number of imide groups is 1. The summed E-state index contributed by atoms with van der Waals surface area (Å²) in [5.41, 5.74) is 1.53. The summed E-state index contributed by atoms with van der Waals surface area (Å²) in [6, 6.07) is 5.11. The van der Waals surface area contributed by atoms with Crippen molar-refractivity contribution in [3.8, 4) is 5.75 Å². The molecule has 0 spiro atoms. The van der Waals surface area contributed by atoms with Gasteiger partial charge in [-0.1, -0.05) is 6.42 Å². The van der Waals surface area contributed by atoms with Crippen molar-refractivity contribution < 1.29 is 23.9 Å². The number of ether oxygens (including phenoxy) is 2. The number of hydrogen-bond donors (Lipinski definition) is 1. The number of nitrogens with zero attached hydrogens (tertiary/aromatic N) is 1. The van der Waals surface area contributed by atoms with E-state index in [9.17, 15) is 14.4 Å². The molecule has 3 fully saturated rings. The predicted molar refractivity (Wildman–Crippen MR) is 126 cm³/mol. The van der Waals surface area contributed by atoms with E-state index in [0.717, 1.165) is 23.7 Å². The van der Waals surface area contributed by atoms with Gasteiger partial charge in [0.25, 0.3) is 5.91 Å². The van der Waals surface area contributed by atoms with Crippen molar-refractivity contribution in [2.45, 2.75) is 95.4 Å². The lowest BCUT2D eigenvalue weighted by Crippen LogP contribution is -2.52. The molecule has 1 unspecified atom stereocenters. The van der Waals surface area contributed by atoms with Crippen LogP contribution in [0.25, 0.3) is 0 Å². The molecule has 2 aliphatic heterocycles. The molecule has 1 aromatic rings. The minimum absolute atomic E-state index is 0.141. The summed E-state index contributed by atoms with van der Waals surface area (Å²) < 4.78 is 12.0. The molecule has 34 heavy (non-hydrogen) atoms. The molecule has 7 heteroatoms. The summed E-state index contributed by atoms with van der Waals surface area (Å²) in [6.07, 6.45) is 12.3. The van der Waals surface area contributed by atoms with Gasteiger partial charge in [0.1, 0.15) is 17.9 Å². The molecule has 3 amide bonds.